The van der Waals surface area contributed by atoms with Crippen LogP contribution in [0.15, 0.2) is 54.6 Å². The third kappa shape index (κ3) is 2.20. The van der Waals surface area contributed by atoms with Gasteiger partial charge in [-0.1, -0.05) is 73.9 Å². The van der Waals surface area contributed by atoms with Crippen molar-refractivity contribution >= 4 is 0 Å². The summed E-state index contributed by atoms with van der Waals surface area (Å²) in [6.07, 6.45) is 11.0. The molecule has 22 heavy (non-hydrogen) atoms. The van der Waals surface area contributed by atoms with Gasteiger partial charge in [0.15, 0.2) is 0 Å². The SMILES string of the molecule is c1ccc(C2(C3CCCCC3)CCCc3ccccc32)cc1. The zero-order chi connectivity index (χ0) is 14.8. The average molecular weight is 290 g/mol. The lowest BCUT2D eigenvalue weighted by Gasteiger charge is -2.47. The van der Waals surface area contributed by atoms with Crippen LogP contribution in [0.2, 0.25) is 0 Å². The minimum absolute atomic E-state index is 0.274. The van der Waals surface area contributed by atoms with E-state index >= 15 is 0 Å². The maximum absolute atomic E-state index is 2.43. The van der Waals surface area contributed by atoms with E-state index in [-0.39, 0.29) is 5.41 Å². The quantitative estimate of drug-likeness (QED) is 0.647. The third-order valence-corrected chi connectivity index (χ3v) is 6.11. The summed E-state index contributed by atoms with van der Waals surface area (Å²) in [6, 6.07) is 20.7. The molecule has 0 N–H and O–H groups in total. The topological polar surface area (TPSA) is 0 Å². The first-order valence-corrected chi connectivity index (χ1v) is 9.05. The zero-order valence-electron chi connectivity index (χ0n) is 13.4. The highest BCUT2D eigenvalue weighted by Gasteiger charge is 2.44. The van der Waals surface area contributed by atoms with Crippen LogP contribution < -0.4 is 0 Å². The van der Waals surface area contributed by atoms with Crippen molar-refractivity contribution in [2.75, 3.05) is 0 Å². The Morgan fingerprint density at radius 1 is 0.727 bits per heavy atom. The summed E-state index contributed by atoms with van der Waals surface area (Å²) >= 11 is 0. The second-order valence-electron chi connectivity index (χ2n) is 7.18. The van der Waals surface area contributed by atoms with Crippen molar-refractivity contribution in [1.82, 2.24) is 0 Å². The largest absolute Gasteiger partial charge is 0.0622 e. The lowest BCUT2D eigenvalue weighted by atomic mass is 9.56. The standard InChI is InChI=1S/C22H26/c1-3-12-19(13-4-1)22(20-14-5-2-6-15-20)17-9-11-18-10-7-8-16-21(18)22/h1,3-4,7-8,10,12-13,16,20H,2,5-6,9,11,14-15,17H2. The molecule has 0 heteroatoms. The van der Waals surface area contributed by atoms with Crippen LogP contribution in [-0.4, -0.2) is 0 Å². The van der Waals surface area contributed by atoms with Crippen molar-refractivity contribution in [3.8, 4) is 0 Å². The first-order chi connectivity index (χ1) is 10.9. The molecule has 0 nitrogen and oxygen atoms in total. The van der Waals surface area contributed by atoms with Gasteiger partial charge in [-0.05, 0) is 54.7 Å². The van der Waals surface area contributed by atoms with Gasteiger partial charge in [0.1, 0.15) is 0 Å². The van der Waals surface area contributed by atoms with Crippen molar-refractivity contribution in [3.05, 3.63) is 71.3 Å². The van der Waals surface area contributed by atoms with E-state index in [1.807, 2.05) is 0 Å². The van der Waals surface area contributed by atoms with Gasteiger partial charge in [0.05, 0.1) is 0 Å². The molecule has 0 spiro atoms. The molecule has 114 valence electrons. The molecule has 1 saturated carbocycles. The monoisotopic (exact) mass is 290 g/mol. The van der Waals surface area contributed by atoms with E-state index in [4.69, 9.17) is 0 Å². The molecule has 2 aliphatic rings. The number of hydrogen-bond acceptors (Lipinski definition) is 0. The summed E-state index contributed by atoms with van der Waals surface area (Å²) in [6.45, 7) is 0. The minimum atomic E-state index is 0.274. The Bertz CT molecular complexity index is 621. The fraction of sp³-hybridized carbons (Fsp3) is 0.455. The van der Waals surface area contributed by atoms with Crippen LogP contribution in [-0.2, 0) is 11.8 Å². The van der Waals surface area contributed by atoms with Crippen LogP contribution in [0.3, 0.4) is 0 Å². The average Bonchev–Trinajstić information content (AvgIpc) is 2.63. The van der Waals surface area contributed by atoms with E-state index in [9.17, 15) is 0 Å². The lowest BCUT2D eigenvalue weighted by Crippen LogP contribution is -2.40. The second-order valence-corrected chi connectivity index (χ2v) is 7.18. The number of fused-ring (bicyclic) bond motifs is 1. The zero-order valence-corrected chi connectivity index (χ0v) is 13.4. The van der Waals surface area contributed by atoms with Crippen LogP contribution in [0.1, 0.15) is 61.6 Å². The minimum Gasteiger partial charge on any atom is -0.0622 e. The smallest absolute Gasteiger partial charge is 0.0233 e. The summed E-state index contributed by atoms with van der Waals surface area (Å²) in [4.78, 5) is 0. The first-order valence-electron chi connectivity index (χ1n) is 9.05. The summed E-state index contributed by atoms with van der Waals surface area (Å²) in [5.74, 6) is 0.824. The Kier molecular flexibility index (Phi) is 3.78. The van der Waals surface area contributed by atoms with Crippen LogP contribution >= 0.6 is 0 Å². The molecule has 4 rings (SSSR count). The Morgan fingerprint density at radius 2 is 1.45 bits per heavy atom. The number of aryl methyl sites for hydroxylation is 1. The van der Waals surface area contributed by atoms with E-state index in [0.29, 0.717) is 0 Å². The highest BCUT2D eigenvalue weighted by molar-refractivity contribution is 5.46. The van der Waals surface area contributed by atoms with Gasteiger partial charge in [-0.25, -0.2) is 0 Å². The molecule has 1 fully saturated rings. The maximum Gasteiger partial charge on any atom is 0.0233 e. The molecule has 1 atom stereocenters. The summed E-state index contributed by atoms with van der Waals surface area (Å²) in [5.41, 5.74) is 5.08. The predicted octanol–water partition coefficient (Wildman–Crippen LogP) is 5.89. The van der Waals surface area contributed by atoms with Crippen molar-refractivity contribution in [3.63, 3.8) is 0 Å². The van der Waals surface area contributed by atoms with Gasteiger partial charge in [-0.2, -0.15) is 0 Å². The van der Waals surface area contributed by atoms with E-state index < -0.39 is 0 Å². The van der Waals surface area contributed by atoms with E-state index in [0.717, 1.165) is 5.92 Å². The molecule has 0 aliphatic heterocycles. The van der Waals surface area contributed by atoms with Gasteiger partial charge < -0.3 is 0 Å². The Balaban J connectivity index is 1.90. The van der Waals surface area contributed by atoms with Crippen LogP contribution in [0.4, 0.5) is 0 Å². The van der Waals surface area contributed by atoms with Crippen LogP contribution in [0.5, 0.6) is 0 Å². The van der Waals surface area contributed by atoms with Gasteiger partial charge in [0.25, 0.3) is 0 Å². The Hall–Kier alpha value is -1.56. The van der Waals surface area contributed by atoms with E-state index in [1.54, 1.807) is 16.7 Å². The Labute approximate surface area is 134 Å². The molecule has 0 radical (unpaired) electrons. The van der Waals surface area contributed by atoms with Crippen molar-refractivity contribution in [2.24, 2.45) is 5.92 Å². The molecular formula is C22H26. The molecule has 0 amide bonds. The molecule has 0 aromatic heterocycles. The highest BCUT2D eigenvalue weighted by Crippen LogP contribution is 2.52. The maximum atomic E-state index is 2.43. The van der Waals surface area contributed by atoms with Gasteiger partial charge in [0.2, 0.25) is 0 Å². The third-order valence-electron chi connectivity index (χ3n) is 6.11. The lowest BCUT2D eigenvalue weighted by molar-refractivity contribution is 0.214. The van der Waals surface area contributed by atoms with Crippen molar-refractivity contribution in [1.29, 1.82) is 0 Å². The van der Waals surface area contributed by atoms with E-state index in [1.165, 1.54) is 51.4 Å². The normalized spacial score (nSPS) is 25.6. The van der Waals surface area contributed by atoms with Crippen LogP contribution in [0, 0.1) is 5.92 Å². The highest BCUT2D eigenvalue weighted by atomic mass is 14.5. The van der Waals surface area contributed by atoms with Crippen molar-refractivity contribution in [2.45, 2.75) is 56.8 Å². The summed E-state index contributed by atoms with van der Waals surface area (Å²) < 4.78 is 0. The van der Waals surface area contributed by atoms with Gasteiger partial charge in [-0.15, -0.1) is 0 Å². The molecule has 2 aromatic rings. The molecular weight excluding hydrogens is 264 g/mol. The summed E-state index contributed by atoms with van der Waals surface area (Å²) in [5, 5.41) is 0. The van der Waals surface area contributed by atoms with Gasteiger partial charge in [0, 0.05) is 5.41 Å². The summed E-state index contributed by atoms with van der Waals surface area (Å²) in [7, 11) is 0. The second kappa shape index (κ2) is 5.91. The molecule has 0 saturated heterocycles. The fourth-order valence-corrected chi connectivity index (χ4v) is 5.16. The number of hydrogen-bond donors (Lipinski definition) is 0. The molecule has 2 aliphatic carbocycles. The van der Waals surface area contributed by atoms with Gasteiger partial charge in [-0.3, -0.25) is 0 Å². The number of rotatable bonds is 2. The molecule has 2 aromatic carbocycles. The molecule has 0 bridgehead atoms. The predicted molar refractivity (Wildman–Crippen MR) is 93.2 cm³/mol. The molecule has 1 unspecified atom stereocenters. The van der Waals surface area contributed by atoms with Crippen molar-refractivity contribution < 1.29 is 0 Å². The number of benzene rings is 2. The van der Waals surface area contributed by atoms with Gasteiger partial charge >= 0.3 is 0 Å². The van der Waals surface area contributed by atoms with Crippen LogP contribution in [0.25, 0.3) is 0 Å². The molecule has 0 heterocycles. The Morgan fingerprint density at radius 3 is 2.27 bits per heavy atom. The fourth-order valence-electron chi connectivity index (χ4n) is 5.16. The first kappa shape index (κ1) is 14.1. The van der Waals surface area contributed by atoms with E-state index in [2.05, 4.69) is 54.6 Å².